The van der Waals surface area contributed by atoms with E-state index in [1.54, 1.807) is 0 Å². The Labute approximate surface area is 82.8 Å². The Morgan fingerprint density at radius 2 is 2.43 bits per heavy atom. The van der Waals surface area contributed by atoms with Crippen molar-refractivity contribution in [2.24, 2.45) is 17.3 Å². The van der Waals surface area contributed by atoms with Crippen LogP contribution in [0.1, 0.15) is 19.3 Å². The van der Waals surface area contributed by atoms with E-state index in [2.05, 4.69) is 6.08 Å². The van der Waals surface area contributed by atoms with Gasteiger partial charge in [0, 0.05) is 11.8 Å². The quantitative estimate of drug-likeness (QED) is 0.460. The number of aliphatic hydroxyl groups excluding tert-OH is 1. The lowest BCUT2D eigenvalue weighted by molar-refractivity contribution is -0.148. The molecular weight excluding hydrogens is 180 g/mol. The number of esters is 1. The number of aliphatic hydroxyl groups is 1. The smallest absolute Gasteiger partial charge is 0.313 e. The van der Waals surface area contributed by atoms with Crippen LogP contribution in [0.5, 0.6) is 0 Å². The first-order valence-electron chi connectivity index (χ1n) is 5.27. The number of ether oxygens (including phenoxy) is 1. The van der Waals surface area contributed by atoms with Crippen molar-refractivity contribution in [3.8, 4) is 0 Å². The van der Waals surface area contributed by atoms with E-state index in [9.17, 15) is 9.90 Å². The second-order valence-corrected chi connectivity index (χ2v) is 4.63. The molecule has 1 saturated heterocycles. The summed E-state index contributed by atoms with van der Waals surface area (Å²) < 4.78 is 5.16. The highest BCUT2D eigenvalue weighted by molar-refractivity contribution is 5.81. The fraction of sp³-hybridized carbons (Fsp3) is 0.727. The molecule has 3 nitrogen and oxygen atoms in total. The third-order valence-electron chi connectivity index (χ3n) is 4.15. The van der Waals surface area contributed by atoms with Crippen molar-refractivity contribution in [2.45, 2.75) is 25.4 Å². The van der Waals surface area contributed by atoms with Gasteiger partial charge in [-0.05, 0) is 19.3 Å². The molecular formula is C11H14O3. The molecule has 76 valence electrons. The van der Waals surface area contributed by atoms with Gasteiger partial charge in [0.1, 0.15) is 0 Å². The first-order chi connectivity index (χ1) is 6.75. The van der Waals surface area contributed by atoms with Crippen LogP contribution >= 0.6 is 0 Å². The molecule has 4 atom stereocenters. The van der Waals surface area contributed by atoms with Crippen molar-refractivity contribution in [1.29, 1.82) is 0 Å². The molecule has 3 aliphatic rings. The third kappa shape index (κ3) is 0.793. The van der Waals surface area contributed by atoms with E-state index in [1.807, 2.05) is 6.08 Å². The lowest BCUT2D eigenvalue weighted by atomic mass is 9.65. The van der Waals surface area contributed by atoms with Gasteiger partial charge in [-0.25, -0.2) is 0 Å². The van der Waals surface area contributed by atoms with Crippen molar-refractivity contribution >= 4 is 5.97 Å². The van der Waals surface area contributed by atoms with Gasteiger partial charge in [-0.1, -0.05) is 12.2 Å². The maximum absolute atomic E-state index is 11.8. The zero-order valence-electron chi connectivity index (χ0n) is 7.98. The van der Waals surface area contributed by atoms with E-state index in [0.717, 1.165) is 19.3 Å². The summed E-state index contributed by atoms with van der Waals surface area (Å²) in [6, 6.07) is 0. The van der Waals surface area contributed by atoms with Gasteiger partial charge in [0.05, 0.1) is 18.1 Å². The Hall–Kier alpha value is -0.830. The van der Waals surface area contributed by atoms with Crippen molar-refractivity contribution < 1.29 is 14.6 Å². The second-order valence-electron chi connectivity index (χ2n) is 4.63. The third-order valence-corrected chi connectivity index (χ3v) is 4.15. The molecule has 1 heterocycles. The van der Waals surface area contributed by atoms with E-state index in [4.69, 9.17) is 4.74 Å². The van der Waals surface area contributed by atoms with Gasteiger partial charge >= 0.3 is 5.97 Å². The SMILES string of the molecule is O=C1OC[C@H]2CC=CC3C(O)CC[C@@]132. The Balaban J connectivity index is 2.08. The highest BCUT2D eigenvalue weighted by Gasteiger charge is 2.61. The average Bonchev–Trinajstić information content (AvgIpc) is 2.70. The van der Waals surface area contributed by atoms with Crippen LogP contribution in [0.3, 0.4) is 0 Å². The molecule has 1 N–H and O–H groups in total. The van der Waals surface area contributed by atoms with Crippen molar-refractivity contribution in [3.05, 3.63) is 12.2 Å². The maximum Gasteiger partial charge on any atom is 0.313 e. The summed E-state index contributed by atoms with van der Waals surface area (Å²) in [4.78, 5) is 11.8. The number of allylic oxidation sites excluding steroid dienone is 1. The van der Waals surface area contributed by atoms with Crippen LogP contribution in [0.15, 0.2) is 12.2 Å². The van der Waals surface area contributed by atoms with Crippen LogP contribution in [0.4, 0.5) is 0 Å². The van der Waals surface area contributed by atoms with Crippen molar-refractivity contribution in [3.63, 3.8) is 0 Å². The molecule has 1 spiro atoms. The first kappa shape index (κ1) is 8.48. The van der Waals surface area contributed by atoms with Gasteiger partial charge in [-0.3, -0.25) is 4.79 Å². The number of carbonyl (C=O) groups is 1. The standard InChI is InChI=1S/C11H14O3/c12-9-4-5-11-7(6-14-10(11)13)2-1-3-8(9)11/h1,3,7-9,12H,2,4-6H2/t7-,8?,9?,11+/m1/s1. The van der Waals surface area contributed by atoms with Crippen LogP contribution in [-0.2, 0) is 9.53 Å². The van der Waals surface area contributed by atoms with Crippen LogP contribution in [0.2, 0.25) is 0 Å². The lowest BCUT2D eigenvalue weighted by Crippen LogP contribution is -2.40. The minimum Gasteiger partial charge on any atom is -0.465 e. The molecule has 2 unspecified atom stereocenters. The minimum atomic E-state index is -0.367. The maximum atomic E-state index is 11.8. The zero-order chi connectivity index (χ0) is 9.76. The number of hydrogen-bond donors (Lipinski definition) is 1. The molecule has 0 aromatic heterocycles. The normalized spacial score (nSPS) is 50.1. The number of carbonyl (C=O) groups excluding carboxylic acids is 1. The molecule has 14 heavy (non-hydrogen) atoms. The van der Waals surface area contributed by atoms with E-state index >= 15 is 0 Å². The topological polar surface area (TPSA) is 46.5 Å². The molecule has 2 fully saturated rings. The van der Waals surface area contributed by atoms with Gasteiger partial charge in [0.15, 0.2) is 0 Å². The van der Waals surface area contributed by atoms with Gasteiger partial charge in [0.2, 0.25) is 0 Å². The fourth-order valence-corrected chi connectivity index (χ4v) is 3.38. The summed E-state index contributed by atoms with van der Waals surface area (Å²) in [5.41, 5.74) is -0.367. The highest BCUT2D eigenvalue weighted by Crippen LogP contribution is 2.56. The molecule has 1 aliphatic heterocycles. The Kier molecular flexibility index (Phi) is 1.57. The van der Waals surface area contributed by atoms with E-state index < -0.39 is 0 Å². The predicted octanol–water partition coefficient (Wildman–Crippen LogP) is 0.877. The zero-order valence-corrected chi connectivity index (χ0v) is 7.98. The summed E-state index contributed by atoms with van der Waals surface area (Å²) in [5, 5.41) is 9.82. The highest BCUT2D eigenvalue weighted by atomic mass is 16.5. The second kappa shape index (κ2) is 2.60. The fourth-order valence-electron chi connectivity index (χ4n) is 3.38. The van der Waals surface area contributed by atoms with Crippen LogP contribution in [-0.4, -0.2) is 23.8 Å². The molecule has 0 aromatic rings. The molecule has 2 aliphatic carbocycles. The summed E-state index contributed by atoms with van der Waals surface area (Å²) in [6.07, 6.45) is 6.22. The summed E-state index contributed by atoms with van der Waals surface area (Å²) in [7, 11) is 0. The predicted molar refractivity (Wildman–Crippen MR) is 49.4 cm³/mol. The van der Waals surface area contributed by atoms with E-state index in [0.29, 0.717) is 12.5 Å². The summed E-state index contributed by atoms with van der Waals surface area (Å²) >= 11 is 0. The largest absolute Gasteiger partial charge is 0.465 e. The molecule has 0 aromatic carbocycles. The monoisotopic (exact) mass is 194 g/mol. The lowest BCUT2D eigenvalue weighted by Gasteiger charge is -2.34. The Bertz CT molecular complexity index is 310. The Morgan fingerprint density at radius 3 is 3.29 bits per heavy atom. The summed E-state index contributed by atoms with van der Waals surface area (Å²) in [6.45, 7) is 0.548. The van der Waals surface area contributed by atoms with Crippen molar-refractivity contribution in [2.75, 3.05) is 6.61 Å². The van der Waals surface area contributed by atoms with Crippen molar-refractivity contribution in [1.82, 2.24) is 0 Å². The molecule has 0 radical (unpaired) electrons. The number of rotatable bonds is 0. The first-order valence-corrected chi connectivity index (χ1v) is 5.27. The molecule has 0 amide bonds. The van der Waals surface area contributed by atoms with E-state index in [-0.39, 0.29) is 23.4 Å². The van der Waals surface area contributed by atoms with E-state index in [1.165, 1.54) is 0 Å². The number of hydrogen-bond acceptors (Lipinski definition) is 3. The van der Waals surface area contributed by atoms with Gasteiger partial charge < -0.3 is 9.84 Å². The van der Waals surface area contributed by atoms with Crippen LogP contribution in [0, 0.1) is 17.3 Å². The van der Waals surface area contributed by atoms with Gasteiger partial charge in [0.25, 0.3) is 0 Å². The minimum absolute atomic E-state index is 0.0104. The summed E-state index contributed by atoms with van der Waals surface area (Å²) in [5.74, 6) is 0.242. The Morgan fingerprint density at radius 1 is 1.57 bits per heavy atom. The molecule has 0 bridgehead atoms. The van der Waals surface area contributed by atoms with Gasteiger partial charge in [-0.15, -0.1) is 0 Å². The number of cyclic esters (lactones) is 1. The molecule has 3 heteroatoms. The van der Waals surface area contributed by atoms with Crippen LogP contribution < -0.4 is 0 Å². The van der Waals surface area contributed by atoms with Gasteiger partial charge in [-0.2, -0.15) is 0 Å². The molecule has 3 rings (SSSR count). The van der Waals surface area contributed by atoms with Crippen LogP contribution in [0.25, 0.3) is 0 Å². The average molecular weight is 194 g/mol. The molecule has 1 saturated carbocycles.